The third kappa shape index (κ3) is 2.73. The fourth-order valence-electron chi connectivity index (χ4n) is 1.53. The van der Waals surface area contributed by atoms with Gasteiger partial charge < -0.3 is 8.94 Å². The molecule has 0 unspecified atom stereocenters. The van der Waals surface area contributed by atoms with Crippen LogP contribution in [-0.2, 0) is 7.05 Å². The van der Waals surface area contributed by atoms with Crippen molar-refractivity contribution in [2.75, 3.05) is 0 Å². The lowest BCUT2D eigenvalue weighted by Gasteiger charge is -2.02. The van der Waals surface area contributed by atoms with Crippen LogP contribution >= 0.6 is 23.1 Å². The maximum absolute atomic E-state index is 5.89. The fourth-order valence-corrected chi connectivity index (χ4v) is 2.38. The van der Waals surface area contributed by atoms with Crippen LogP contribution in [-0.4, -0.2) is 8.94 Å². The van der Waals surface area contributed by atoms with Crippen LogP contribution in [0.4, 0.5) is 0 Å². The van der Waals surface area contributed by atoms with Gasteiger partial charge in [-0.25, -0.2) is 0 Å². The van der Waals surface area contributed by atoms with Crippen molar-refractivity contribution in [1.29, 1.82) is 0 Å². The quantitative estimate of drug-likeness (QED) is 0.786. The van der Waals surface area contributed by atoms with Crippen molar-refractivity contribution in [3.8, 4) is 11.3 Å². The first-order chi connectivity index (χ1) is 8.08. The number of aromatic amines is 1. The molecule has 0 saturated carbocycles. The van der Waals surface area contributed by atoms with Gasteiger partial charge >= 0.3 is 0 Å². The lowest BCUT2D eigenvalue weighted by molar-refractivity contribution is 0.859. The average Bonchev–Trinajstić information content (AvgIpc) is 2.44. The van der Waals surface area contributed by atoms with Gasteiger partial charge in [0.25, 0.3) is 0 Å². The van der Waals surface area contributed by atoms with Gasteiger partial charge in [-0.05, 0) is 26.0 Å². The highest BCUT2D eigenvalue weighted by Crippen LogP contribution is 2.20. The number of nitrogens with zero attached hydrogens (tertiary/aromatic N) is 1. The highest BCUT2D eigenvalue weighted by atomic mass is 35.5. The SMILES string of the molecule is Cc1s[nH]c(-c2ccc(Cl)cc2)cn(C)c1C. The van der Waals surface area contributed by atoms with E-state index in [2.05, 4.69) is 36.0 Å². The monoisotopic (exact) mass is 266 g/mol. The van der Waals surface area contributed by atoms with Gasteiger partial charge in [-0.2, -0.15) is 0 Å². The summed E-state index contributed by atoms with van der Waals surface area (Å²) in [7, 11) is 2.06. The summed E-state index contributed by atoms with van der Waals surface area (Å²) in [6, 6.07) is 7.85. The Morgan fingerprint density at radius 2 is 1.82 bits per heavy atom. The second-order valence-corrected chi connectivity index (χ2v) is 5.46. The van der Waals surface area contributed by atoms with Crippen molar-refractivity contribution in [2.45, 2.75) is 13.8 Å². The van der Waals surface area contributed by atoms with Crippen LogP contribution in [0.1, 0.15) is 10.6 Å². The molecule has 0 aliphatic carbocycles. The van der Waals surface area contributed by atoms with Crippen LogP contribution in [0.3, 0.4) is 0 Å². The minimum atomic E-state index is 0.759. The van der Waals surface area contributed by atoms with Crippen molar-refractivity contribution >= 4 is 23.1 Å². The number of aromatic nitrogens is 2. The van der Waals surface area contributed by atoms with Crippen LogP contribution in [0.2, 0.25) is 5.02 Å². The molecule has 0 bridgehead atoms. The van der Waals surface area contributed by atoms with E-state index in [1.165, 1.54) is 10.6 Å². The smallest absolute Gasteiger partial charge is 0.0711 e. The molecule has 2 rings (SSSR count). The number of hydrogen-bond donors (Lipinski definition) is 1. The molecule has 4 heteroatoms. The van der Waals surface area contributed by atoms with E-state index >= 15 is 0 Å². The largest absolute Gasteiger partial charge is 0.352 e. The topological polar surface area (TPSA) is 20.7 Å². The third-order valence-corrected chi connectivity index (χ3v) is 4.01. The molecule has 0 atom stereocenters. The van der Waals surface area contributed by atoms with Gasteiger partial charge in [-0.3, -0.25) is 0 Å². The molecule has 0 radical (unpaired) electrons. The molecular weight excluding hydrogens is 252 g/mol. The van der Waals surface area contributed by atoms with Crippen molar-refractivity contribution < 1.29 is 0 Å². The second-order valence-electron chi connectivity index (χ2n) is 4.01. The summed E-state index contributed by atoms with van der Waals surface area (Å²) in [4.78, 5) is 1.27. The van der Waals surface area contributed by atoms with Gasteiger partial charge in [0.2, 0.25) is 0 Å². The molecule has 2 aromatic rings. The van der Waals surface area contributed by atoms with Crippen molar-refractivity contribution in [1.82, 2.24) is 8.94 Å². The Bertz CT molecular complexity index is 559. The molecule has 1 aromatic heterocycles. The van der Waals surface area contributed by atoms with E-state index in [-0.39, 0.29) is 0 Å². The lowest BCUT2D eigenvalue weighted by atomic mass is 10.2. The van der Waals surface area contributed by atoms with E-state index in [0.29, 0.717) is 0 Å². The van der Waals surface area contributed by atoms with Crippen LogP contribution in [0, 0.1) is 13.8 Å². The summed E-state index contributed by atoms with van der Waals surface area (Å²) in [6.45, 7) is 4.23. The Labute approximate surface area is 110 Å². The zero-order valence-corrected chi connectivity index (χ0v) is 11.7. The molecular formula is C13H15ClN2S. The molecule has 0 spiro atoms. The molecule has 1 heterocycles. The van der Waals surface area contributed by atoms with Crippen molar-refractivity contribution in [2.24, 2.45) is 7.05 Å². The number of halogens is 1. The van der Waals surface area contributed by atoms with Gasteiger partial charge in [0.05, 0.1) is 5.69 Å². The maximum Gasteiger partial charge on any atom is 0.0711 e. The highest BCUT2D eigenvalue weighted by Gasteiger charge is 2.00. The normalized spacial score (nSPS) is 10.4. The maximum atomic E-state index is 5.89. The standard InChI is InChI=1S/C13H15ClN2S/c1-9-10(2)17-15-13(8-16(9)3)11-4-6-12(14)7-5-11/h4-8,15H,1-3H3. The van der Waals surface area contributed by atoms with E-state index in [4.69, 9.17) is 11.6 Å². The number of H-pyrrole nitrogens is 1. The summed E-state index contributed by atoms with van der Waals surface area (Å²) in [6.07, 6.45) is 2.10. The van der Waals surface area contributed by atoms with Crippen molar-refractivity contribution in [3.05, 3.63) is 46.1 Å². The Kier molecular flexibility index (Phi) is 3.60. The van der Waals surface area contributed by atoms with Gasteiger partial charge in [0.15, 0.2) is 0 Å². The minimum absolute atomic E-state index is 0.759. The summed E-state index contributed by atoms with van der Waals surface area (Å²) in [5, 5.41) is 0.759. The number of hydrogen-bond acceptors (Lipinski definition) is 1. The van der Waals surface area contributed by atoms with Gasteiger partial charge in [0, 0.05) is 34.4 Å². The molecule has 1 aromatic carbocycles. The molecule has 0 saturated heterocycles. The zero-order valence-electron chi connectivity index (χ0n) is 10.1. The Balaban J connectivity index is 2.58. The molecule has 90 valence electrons. The van der Waals surface area contributed by atoms with Crippen LogP contribution in [0.5, 0.6) is 0 Å². The Hall–Kier alpha value is -1.19. The van der Waals surface area contributed by atoms with Gasteiger partial charge in [-0.15, -0.1) is 0 Å². The second kappa shape index (κ2) is 4.98. The van der Waals surface area contributed by atoms with Crippen LogP contribution in [0.15, 0.2) is 30.5 Å². The number of aryl methyl sites for hydroxylation is 2. The van der Waals surface area contributed by atoms with Gasteiger partial charge in [0.1, 0.15) is 0 Å². The Morgan fingerprint density at radius 1 is 1.18 bits per heavy atom. The number of benzene rings is 1. The minimum Gasteiger partial charge on any atom is -0.352 e. The molecule has 17 heavy (non-hydrogen) atoms. The predicted molar refractivity (Wildman–Crippen MR) is 75.2 cm³/mol. The molecule has 0 aliphatic rings. The summed E-state index contributed by atoms with van der Waals surface area (Å²) in [5.41, 5.74) is 3.48. The summed E-state index contributed by atoms with van der Waals surface area (Å²) >= 11 is 7.54. The van der Waals surface area contributed by atoms with E-state index in [1.807, 2.05) is 24.3 Å². The third-order valence-electron chi connectivity index (χ3n) is 2.83. The van der Waals surface area contributed by atoms with E-state index in [9.17, 15) is 0 Å². The zero-order chi connectivity index (χ0) is 12.4. The van der Waals surface area contributed by atoms with E-state index < -0.39 is 0 Å². The molecule has 0 aliphatic heterocycles. The van der Waals surface area contributed by atoms with Crippen LogP contribution in [0.25, 0.3) is 11.3 Å². The predicted octanol–water partition coefficient (Wildman–Crippen LogP) is 4.48. The average molecular weight is 267 g/mol. The van der Waals surface area contributed by atoms with E-state index in [1.54, 1.807) is 11.5 Å². The first-order valence-electron chi connectivity index (χ1n) is 5.39. The molecule has 1 N–H and O–H groups in total. The molecule has 2 nitrogen and oxygen atoms in total. The Morgan fingerprint density at radius 3 is 2.47 bits per heavy atom. The fraction of sp³-hybridized carbons (Fsp3) is 0.231. The number of nitrogens with one attached hydrogen (secondary N) is 1. The summed E-state index contributed by atoms with van der Waals surface area (Å²) in [5.74, 6) is 0. The summed E-state index contributed by atoms with van der Waals surface area (Å²) < 4.78 is 5.49. The first-order valence-corrected chi connectivity index (χ1v) is 6.58. The lowest BCUT2D eigenvalue weighted by Crippen LogP contribution is -1.93. The van der Waals surface area contributed by atoms with Crippen molar-refractivity contribution in [3.63, 3.8) is 0 Å². The molecule has 0 amide bonds. The number of rotatable bonds is 1. The molecule has 0 fully saturated rings. The van der Waals surface area contributed by atoms with Crippen LogP contribution < -0.4 is 0 Å². The first kappa shape index (κ1) is 12.3. The van der Waals surface area contributed by atoms with E-state index in [0.717, 1.165) is 16.3 Å². The van der Waals surface area contributed by atoms with Gasteiger partial charge in [-0.1, -0.05) is 35.3 Å². The highest BCUT2D eigenvalue weighted by molar-refractivity contribution is 7.05.